The quantitative estimate of drug-likeness (QED) is 0.344. The van der Waals surface area contributed by atoms with Gasteiger partial charge in [-0.05, 0) is 75.6 Å². The molecule has 1 N–H and O–H groups in total. The zero-order valence-electron chi connectivity index (χ0n) is 20.2. The van der Waals surface area contributed by atoms with E-state index in [0.29, 0.717) is 23.8 Å². The molecule has 0 saturated heterocycles. The van der Waals surface area contributed by atoms with Gasteiger partial charge >= 0.3 is 0 Å². The monoisotopic (exact) mass is 514 g/mol. The number of benzene rings is 3. The molecule has 0 saturated carbocycles. The van der Waals surface area contributed by atoms with Crippen LogP contribution in [0.5, 0.6) is 11.5 Å². The number of rotatable bonds is 11. The fourth-order valence-electron chi connectivity index (χ4n) is 3.36. The lowest BCUT2D eigenvalue weighted by atomic mass is 10.2. The molecule has 0 bridgehead atoms. The second kappa shape index (κ2) is 12.0. The zero-order valence-corrected chi connectivity index (χ0v) is 21.9. The maximum atomic E-state index is 13.7. The molecule has 0 aliphatic carbocycles. The number of carbonyl (C=O) groups excluding carboxylic acids is 1. The molecule has 0 spiro atoms. The van der Waals surface area contributed by atoms with Crippen molar-refractivity contribution in [1.29, 1.82) is 0 Å². The predicted octanol–water partition coefficient (Wildman–Crippen LogP) is 5.43. The first kappa shape index (κ1) is 26.4. The minimum Gasteiger partial charge on any atom is -0.492 e. The second-order valence-corrected chi connectivity index (χ2v) is 10.5. The zero-order chi connectivity index (χ0) is 25.4. The molecule has 3 aromatic carbocycles. The first-order valence-electron chi connectivity index (χ1n) is 11.2. The molecular weight excluding hydrogens is 484 g/mol. The smallest absolute Gasteiger partial charge is 0.264 e. The number of thioether (sulfide) groups is 1. The summed E-state index contributed by atoms with van der Waals surface area (Å²) < 4.78 is 40.0. The SMILES string of the molecule is CCOc1ccccc1N(CC(=O)Nc1ccccc1OC(C)C)S(=O)(=O)c1ccc(SC)cc1. The summed E-state index contributed by atoms with van der Waals surface area (Å²) in [5, 5.41) is 2.80. The minimum atomic E-state index is -4.08. The number of amides is 1. The number of carbonyl (C=O) groups is 1. The van der Waals surface area contributed by atoms with Crippen molar-refractivity contribution in [2.45, 2.75) is 36.7 Å². The van der Waals surface area contributed by atoms with Crippen molar-refractivity contribution in [3.05, 3.63) is 72.8 Å². The molecule has 1 amide bonds. The van der Waals surface area contributed by atoms with Crippen molar-refractivity contribution in [2.75, 3.05) is 29.0 Å². The molecule has 3 rings (SSSR count). The van der Waals surface area contributed by atoms with E-state index in [1.807, 2.05) is 27.0 Å². The van der Waals surface area contributed by atoms with Crippen LogP contribution >= 0.6 is 11.8 Å². The van der Waals surface area contributed by atoms with Crippen LogP contribution in [-0.2, 0) is 14.8 Å². The molecule has 186 valence electrons. The predicted molar refractivity (Wildman–Crippen MR) is 141 cm³/mol. The number of hydrogen-bond donors (Lipinski definition) is 1. The Kier molecular flexibility index (Phi) is 9.06. The molecule has 0 fully saturated rings. The van der Waals surface area contributed by atoms with Gasteiger partial charge in [0.25, 0.3) is 10.0 Å². The molecule has 35 heavy (non-hydrogen) atoms. The number of para-hydroxylation sites is 4. The van der Waals surface area contributed by atoms with Crippen molar-refractivity contribution in [1.82, 2.24) is 0 Å². The number of nitrogens with zero attached hydrogens (tertiary/aromatic N) is 1. The minimum absolute atomic E-state index is 0.0814. The molecule has 0 heterocycles. The van der Waals surface area contributed by atoms with E-state index in [9.17, 15) is 13.2 Å². The van der Waals surface area contributed by atoms with Gasteiger partial charge in [0.1, 0.15) is 18.0 Å². The first-order valence-corrected chi connectivity index (χ1v) is 13.9. The average Bonchev–Trinajstić information content (AvgIpc) is 2.84. The molecule has 0 aliphatic heterocycles. The van der Waals surface area contributed by atoms with Crippen molar-refractivity contribution in [2.24, 2.45) is 0 Å². The van der Waals surface area contributed by atoms with Gasteiger partial charge in [0.05, 0.1) is 29.0 Å². The Bertz CT molecular complexity index is 1240. The number of nitrogens with one attached hydrogen (secondary N) is 1. The molecule has 3 aromatic rings. The summed E-state index contributed by atoms with van der Waals surface area (Å²) in [5.41, 5.74) is 0.746. The molecule has 0 atom stereocenters. The van der Waals surface area contributed by atoms with E-state index < -0.39 is 22.5 Å². The Hall–Kier alpha value is -3.17. The van der Waals surface area contributed by atoms with E-state index >= 15 is 0 Å². The summed E-state index contributed by atoms with van der Waals surface area (Å²) in [6, 6.07) is 20.4. The summed E-state index contributed by atoms with van der Waals surface area (Å²) in [6.45, 7) is 5.49. The van der Waals surface area contributed by atoms with Crippen molar-refractivity contribution in [3.8, 4) is 11.5 Å². The van der Waals surface area contributed by atoms with Gasteiger partial charge in [0, 0.05) is 4.90 Å². The van der Waals surface area contributed by atoms with Crippen LogP contribution in [0.4, 0.5) is 11.4 Å². The third kappa shape index (κ3) is 6.70. The Morgan fingerprint density at radius 1 is 0.971 bits per heavy atom. The summed E-state index contributed by atoms with van der Waals surface area (Å²) in [4.78, 5) is 14.2. The van der Waals surface area contributed by atoms with Gasteiger partial charge in [-0.15, -0.1) is 11.8 Å². The fourth-order valence-corrected chi connectivity index (χ4v) is 5.20. The molecule has 0 aliphatic rings. The van der Waals surface area contributed by atoms with E-state index in [1.54, 1.807) is 72.8 Å². The van der Waals surface area contributed by atoms with Gasteiger partial charge in [0.15, 0.2) is 0 Å². The highest BCUT2D eigenvalue weighted by atomic mass is 32.2. The second-order valence-electron chi connectivity index (χ2n) is 7.80. The number of anilines is 2. The summed E-state index contributed by atoms with van der Waals surface area (Å²) in [6.07, 6.45) is 1.83. The van der Waals surface area contributed by atoms with Crippen LogP contribution in [0, 0.1) is 0 Å². The van der Waals surface area contributed by atoms with E-state index in [1.165, 1.54) is 11.8 Å². The largest absolute Gasteiger partial charge is 0.492 e. The van der Waals surface area contributed by atoms with Gasteiger partial charge in [-0.2, -0.15) is 0 Å². The van der Waals surface area contributed by atoms with Crippen LogP contribution < -0.4 is 19.1 Å². The Morgan fingerprint density at radius 3 is 2.23 bits per heavy atom. The standard InChI is InChI=1S/C26H30N2O5S2/c1-5-32-25-13-9-7-11-23(25)28(35(30,31)21-16-14-20(34-4)15-17-21)18-26(29)27-22-10-6-8-12-24(22)33-19(2)3/h6-17,19H,5,18H2,1-4H3,(H,27,29). The highest BCUT2D eigenvalue weighted by Gasteiger charge is 2.29. The third-order valence-corrected chi connectivity index (χ3v) is 7.41. The van der Waals surface area contributed by atoms with Crippen molar-refractivity contribution in [3.63, 3.8) is 0 Å². The van der Waals surface area contributed by atoms with E-state index in [-0.39, 0.29) is 16.7 Å². The average molecular weight is 515 g/mol. The highest BCUT2D eigenvalue weighted by molar-refractivity contribution is 7.98. The van der Waals surface area contributed by atoms with Gasteiger partial charge in [-0.3, -0.25) is 9.10 Å². The van der Waals surface area contributed by atoms with Crippen molar-refractivity contribution < 1.29 is 22.7 Å². The van der Waals surface area contributed by atoms with Gasteiger partial charge in [-0.1, -0.05) is 24.3 Å². The number of hydrogen-bond acceptors (Lipinski definition) is 6. The van der Waals surface area contributed by atoms with Crippen LogP contribution in [0.2, 0.25) is 0 Å². The van der Waals surface area contributed by atoms with Crippen molar-refractivity contribution >= 4 is 39.1 Å². The third-order valence-electron chi connectivity index (χ3n) is 4.89. The summed E-state index contributed by atoms with van der Waals surface area (Å²) >= 11 is 1.51. The van der Waals surface area contributed by atoms with Crippen LogP contribution in [-0.4, -0.2) is 39.8 Å². The Balaban J connectivity index is 1.99. The van der Waals surface area contributed by atoms with Crippen LogP contribution in [0.3, 0.4) is 0 Å². The van der Waals surface area contributed by atoms with Gasteiger partial charge in [-0.25, -0.2) is 8.42 Å². The summed E-state index contributed by atoms with van der Waals surface area (Å²) in [5.74, 6) is 0.365. The van der Waals surface area contributed by atoms with E-state index in [4.69, 9.17) is 9.47 Å². The Morgan fingerprint density at radius 2 is 1.60 bits per heavy atom. The molecule has 0 unspecified atom stereocenters. The Labute approximate surface area is 211 Å². The van der Waals surface area contributed by atoms with Crippen LogP contribution in [0.15, 0.2) is 82.6 Å². The van der Waals surface area contributed by atoms with Crippen LogP contribution in [0.1, 0.15) is 20.8 Å². The number of sulfonamides is 1. The van der Waals surface area contributed by atoms with E-state index in [2.05, 4.69) is 5.32 Å². The lowest BCUT2D eigenvalue weighted by Gasteiger charge is -2.26. The first-order chi connectivity index (χ1) is 16.8. The molecule has 7 nitrogen and oxygen atoms in total. The molecule has 0 radical (unpaired) electrons. The normalized spacial score (nSPS) is 11.2. The van der Waals surface area contributed by atoms with Crippen LogP contribution in [0.25, 0.3) is 0 Å². The lowest BCUT2D eigenvalue weighted by molar-refractivity contribution is -0.114. The highest BCUT2D eigenvalue weighted by Crippen LogP contribution is 2.33. The summed E-state index contributed by atoms with van der Waals surface area (Å²) in [7, 11) is -4.08. The molecule has 9 heteroatoms. The molecular formula is C26H30N2O5S2. The van der Waals surface area contributed by atoms with E-state index in [0.717, 1.165) is 9.20 Å². The topological polar surface area (TPSA) is 84.9 Å². The maximum absolute atomic E-state index is 13.7. The molecule has 0 aromatic heterocycles. The van der Waals surface area contributed by atoms with Gasteiger partial charge in [0.2, 0.25) is 5.91 Å². The maximum Gasteiger partial charge on any atom is 0.264 e. The lowest BCUT2D eigenvalue weighted by Crippen LogP contribution is -2.38. The number of ether oxygens (including phenoxy) is 2. The van der Waals surface area contributed by atoms with Gasteiger partial charge < -0.3 is 14.8 Å². The fraction of sp³-hybridized carbons (Fsp3) is 0.269.